The lowest BCUT2D eigenvalue weighted by molar-refractivity contribution is -0.384. The van der Waals surface area contributed by atoms with Crippen molar-refractivity contribution in [1.82, 2.24) is 5.43 Å². The molecule has 6 nitrogen and oxygen atoms in total. The number of hydrogen-bond acceptors (Lipinski definition) is 4. The van der Waals surface area contributed by atoms with E-state index in [9.17, 15) is 28.1 Å². The number of hydrazine groups is 1. The number of carbonyl (C=O) groups is 1. The predicted octanol–water partition coefficient (Wildman–Crippen LogP) is 3.49. The maximum atomic E-state index is 12.5. The first-order valence-electron chi connectivity index (χ1n) is 6.51. The van der Waals surface area contributed by atoms with E-state index in [2.05, 4.69) is 10.9 Å². The Morgan fingerprint density at radius 2 is 2.00 bits per heavy atom. The van der Waals surface area contributed by atoms with Crippen LogP contribution in [0.1, 0.15) is 32.3 Å². The molecule has 0 aliphatic carbocycles. The minimum atomic E-state index is -4.68. The van der Waals surface area contributed by atoms with Gasteiger partial charge >= 0.3 is 6.18 Å². The Morgan fingerprint density at radius 3 is 2.50 bits per heavy atom. The Morgan fingerprint density at radius 1 is 1.36 bits per heavy atom. The molecule has 22 heavy (non-hydrogen) atoms. The Bertz CT molecular complexity index is 559. The predicted molar refractivity (Wildman–Crippen MR) is 73.9 cm³/mol. The van der Waals surface area contributed by atoms with Gasteiger partial charge in [-0.25, -0.2) is 0 Å². The molecule has 1 amide bonds. The maximum Gasteiger partial charge on any atom is 0.416 e. The second kappa shape index (κ2) is 7.10. The van der Waals surface area contributed by atoms with Gasteiger partial charge in [0, 0.05) is 12.5 Å². The summed E-state index contributed by atoms with van der Waals surface area (Å²) >= 11 is 0. The molecule has 0 fully saturated rings. The quantitative estimate of drug-likeness (QED) is 0.621. The van der Waals surface area contributed by atoms with E-state index in [1.165, 1.54) is 0 Å². The molecule has 0 radical (unpaired) electrons. The molecule has 1 rings (SSSR count). The highest BCUT2D eigenvalue weighted by molar-refractivity contribution is 5.78. The van der Waals surface area contributed by atoms with Crippen molar-refractivity contribution in [2.45, 2.75) is 32.9 Å². The van der Waals surface area contributed by atoms with Gasteiger partial charge in [0.25, 0.3) is 5.69 Å². The highest BCUT2D eigenvalue weighted by Gasteiger charge is 2.33. The molecule has 0 aliphatic rings. The standard InChI is InChI=1S/C13H16F3N3O3/c1-8(2)3-6-12(20)18-17-10-5-4-9(13(14,15)16)7-11(10)19(21)22/h4-5,7-8,17H,3,6H2,1-2H3,(H,18,20). The van der Waals surface area contributed by atoms with Crippen molar-refractivity contribution in [2.75, 3.05) is 5.43 Å². The third kappa shape index (κ3) is 5.23. The van der Waals surface area contributed by atoms with Gasteiger partial charge in [0.15, 0.2) is 0 Å². The van der Waals surface area contributed by atoms with Crippen molar-refractivity contribution in [3.63, 3.8) is 0 Å². The van der Waals surface area contributed by atoms with E-state index in [0.717, 1.165) is 6.07 Å². The highest BCUT2D eigenvalue weighted by Crippen LogP contribution is 2.34. The first-order valence-corrected chi connectivity index (χ1v) is 6.51. The van der Waals surface area contributed by atoms with Crippen molar-refractivity contribution in [3.8, 4) is 0 Å². The zero-order chi connectivity index (χ0) is 16.9. The number of anilines is 1. The molecule has 0 aromatic heterocycles. The van der Waals surface area contributed by atoms with Gasteiger partial charge in [-0.3, -0.25) is 25.8 Å². The number of amides is 1. The Kier molecular flexibility index (Phi) is 5.72. The third-order valence-corrected chi connectivity index (χ3v) is 2.81. The number of nitro benzene ring substituents is 1. The molecule has 0 unspecified atom stereocenters. The highest BCUT2D eigenvalue weighted by atomic mass is 19.4. The molecule has 0 saturated carbocycles. The second-order valence-corrected chi connectivity index (χ2v) is 5.09. The molecule has 0 spiro atoms. The fourth-order valence-corrected chi connectivity index (χ4v) is 1.58. The van der Waals surface area contributed by atoms with Crippen molar-refractivity contribution in [1.29, 1.82) is 0 Å². The van der Waals surface area contributed by atoms with Crippen LogP contribution in [-0.4, -0.2) is 10.8 Å². The van der Waals surface area contributed by atoms with Crippen LogP contribution in [0.3, 0.4) is 0 Å². The van der Waals surface area contributed by atoms with Crippen molar-refractivity contribution >= 4 is 17.3 Å². The van der Waals surface area contributed by atoms with Crippen LogP contribution in [0, 0.1) is 16.0 Å². The fourth-order valence-electron chi connectivity index (χ4n) is 1.58. The molecular formula is C13H16F3N3O3. The summed E-state index contributed by atoms with van der Waals surface area (Å²) in [5.41, 5.74) is 2.42. The van der Waals surface area contributed by atoms with Crippen LogP contribution in [0.2, 0.25) is 0 Å². The number of rotatable bonds is 6. The molecule has 0 atom stereocenters. The minimum absolute atomic E-state index is 0.207. The molecule has 122 valence electrons. The van der Waals surface area contributed by atoms with Crippen molar-refractivity contribution in [2.24, 2.45) is 5.92 Å². The molecular weight excluding hydrogens is 303 g/mol. The van der Waals surface area contributed by atoms with Gasteiger partial charge in [0.05, 0.1) is 10.5 Å². The third-order valence-electron chi connectivity index (χ3n) is 2.81. The number of nitro groups is 1. The Labute approximate surface area is 124 Å². The first-order chi connectivity index (χ1) is 10.1. The van der Waals surface area contributed by atoms with E-state index < -0.39 is 28.3 Å². The van der Waals surface area contributed by atoms with Gasteiger partial charge in [0.2, 0.25) is 5.91 Å². The van der Waals surface area contributed by atoms with Crippen LogP contribution in [0.5, 0.6) is 0 Å². The number of nitrogens with one attached hydrogen (secondary N) is 2. The lowest BCUT2D eigenvalue weighted by Crippen LogP contribution is -2.29. The summed E-state index contributed by atoms with van der Waals surface area (Å²) in [5.74, 6) is -0.0888. The summed E-state index contributed by atoms with van der Waals surface area (Å²) in [7, 11) is 0. The normalized spacial score (nSPS) is 11.4. The summed E-state index contributed by atoms with van der Waals surface area (Å²) in [5, 5.41) is 10.8. The topological polar surface area (TPSA) is 84.3 Å². The molecule has 1 aromatic carbocycles. The SMILES string of the molecule is CC(C)CCC(=O)NNc1ccc(C(F)(F)F)cc1[N+](=O)[O-]. The van der Waals surface area contributed by atoms with E-state index in [1.807, 2.05) is 13.8 Å². The molecule has 1 aromatic rings. The lowest BCUT2D eigenvalue weighted by Gasteiger charge is -2.11. The van der Waals surface area contributed by atoms with Crippen LogP contribution < -0.4 is 10.9 Å². The van der Waals surface area contributed by atoms with Crippen LogP contribution >= 0.6 is 0 Å². The first kappa shape index (κ1) is 17.7. The number of hydrogen-bond donors (Lipinski definition) is 2. The molecule has 9 heteroatoms. The number of nitrogens with zero attached hydrogens (tertiary/aromatic N) is 1. The average molecular weight is 319 g/mol. The average Bonchev–Trinajstić information content (AvgIpc) is 2.41. The van der Waals surface area contributed by atoms with E-state index in [1.54, 1.807) is 0 Å². The van der Waals surface area contributed by atoms with Gasteiger partial charge < -0.3 is 0 Å². The van der Waals surface area contributed by atoms with Crippen LogP contribution in [0.25, 0.3) is 0 Å². The van der Waals surface area contributed by atoms with E-state index >= 15 is 0 Å². The smallest absolute Gasteiger partial charge is 0.292 e. The van der Waals surface area contributed by atoms with Gasteiger partial charge in [-0.05, 0) is 24.5 Å². The van der Waals surface area contributed by atoms with E-state index in [4.69, 9.17) is 0 Å². The monoisotopic (exact) mass is 319 g/mol. The number of benzene rings is 1. The van der Waals surface area contributed by atoms with Crippen LogP contribution in [0.15, 0.2) is 18.2 Å². The largest absolute Gasteiger partial charge is 0.416 e. The van der Waals surface area contributed by atoms with E-state index in [-0.39, 0.29) is 12.1 Å². The van der Waals surface area contributed by atoms with Gasteiger partial charge in [-0.2, -0.15) is 13.2 Å². The summed E-state index contributed by atoms with van der Waals surface area (Å²) < 4.78 is 37.6. The Hall–Kier alpha value is -2.32. The molecule has 0 heterocycles. The fraction of sp³-hybridized carbons (Fsp3) is 0.462. The van der Waals surface area contributed by atoms with Crippen LogP contribution in [0.4, 0.5) is 24.5 Å². The van der Waals surface area contributed by atoms with Crippen molar-refractivity contribution in [3.05, 3.63) is 33.9 Å². The molecule has 0 aliphatic heterocycles. The number of halogens is 3. The van der Waals surface area contributed by atoms with Crippen molar-refractivity contribution < 1.29 is 22.9 Å². The van der Waals surface area contributed by atoms with Gasteiger partial charge in [-0.1, -0.05) is 13.8 Å². The Balaban J connectivity index is 2.82. The molecule has 0 bridgehead atoms. The summed E-state index contributed by atoms with van der Waals surface area (Å²) in [6.45, 7) is 3.86. The summed E-state index contributed by atoms with van der Waals surface area (Å²) in [4.78, 5) is 21.4. The second-order valence-electron chi connectivity index (χ2n) is 5.09. The summed E-state index contributed by atoms with van der Waals surface area (Å²) in [6.07, 6.45) is -3.84. The number of carbonyl (C=O) groups excluding carboxylic acids is 1. The molecule has 2 N–H and O–H groups in total. The number of alkyl halides is 3. The summed E-state index contributed by atoms with van der Waals surface area (Å²) in [6, 6.07) is 2.03. The minimum Gasteiger partial charge on any atom is -0.292 e. The maximum absolute atomic E-state index is 12.5. The van der Waals surface area contributed by atoms with Crippen LogP contribution in [-0.2, 0) is 11.0 Å². The van der Waals surface area contributed by atoms with Gasteiger partial charge in [0.1, 0.15) is 5.69 Å². The zero-order valence-electron chi connectivity index (χ0n) is 12.0. The van der Waals surface area contributed by atoms with E-state index in [0.29, 0.717) is 24.5 Å². The van der Waals surface area contributed by atoms with Gasteiger partial charge in [-0.15, -0.1) is 0 Å². The lowest BCUT2D eigenvalue weighted by atomic mass is 10.1. The zero-order valence-corrected chi connectivity index (χ0v) is 12.0. The molecule has 0 saturated heterocycles.